The summed E-state index contributed by atoms with van der Waals surface area (Å²) in [4.78, 5) is 21.2. The Morgan fingerprint density at radius 3 is 2.64 bits per heavy atom. The van der Waals surface area contributed by atoms with E-state index >= 15 is 0 Å². The normalized spacial score (nSPS) is 18.6. The molecule has 2 atom stereocenters. The van der Waals surface area contributed by atoms with Gasteiger partial charge in [0.15, 0.2) is 4.96 Å². The zero-order valence-corrected chi connectivity index (χ0v) is 19.3. The summed E-state index contributed by atoms with van der Waals surface area (Å²) in [6.45, 7) is 3.18. The van der Waals surface area contributed by atoms with Crippen LogP contribution in [-0.2, 0) is 4.74 Å². The number of aromatic nitrogens is 2. The van der Waals surface area contributed by atoms with E-state index in [1.807, 2.05) is 52.4 Å². The summed E-state index contributed by atoms with van der Waals surface area (Å²) in [5.41, 5.74) is 2.97. The van der Waals surface area contributed by atoms with Gasteiger partial charge in [-0.25, -0.2) is 9.78 Å². The van der Waals surface area contributed by atoms with Gasteiger partial charge in [0.1, 0.15) is 11.5 Å². The second-order valence-corrected chi connectivity index (χ2v) is 9.08. The molecule has 1 saturated heterocycles. The molecule has 33 heavy (non-hydrogen) atoms. The molecule has 0 aliphatic carbocycles. The maximum absolute atomic E-state index is 13.2. The Morgan fingerprint density at radius 2 is 1.88 bits per heavy atom. The van der Waals surface area contributed by atoms with Crippen LogP contribution in [0.3, 0.4) is 0 Å². The Kier molecular flexibility index (Phi) is 6.39. The molecule has 2 amide bonds. The third kappa shape index (κ3) is 4.64. The number of carbonyl (C=O) groups is 1. The molecule has 3 heterocycles. The van der Waals surface area contributed by atoms with E-state index in [0.717, 1.165) is 35.9 Å². The number of thiazole rings is 1. The van der Waals surface area contributed by atoms with Gasteiger partial charge in [0.25, 0.3) is 0 Å². The zero-order chi connectivity index (χ0) is 22.6. The average molecular weight is 462 g/mol. The number of benzene rings is 2. The van der Waals surface area contributed by atoms with E-state index in [1.54, 1.807) is 18.4 Å². The summed E-state index contributed by atoms with van der Waals surface area (Å²) in [6.07, 6.45) is 1.93. The Morgan fingerprint density at radius 1 is 1.12 bits per heavy atom. The fraction of sp³-hybridized carbons (Fsp3) is 0.280. The number of urea groups is 1. The van der Waals surface area contributed by atoms with Crippen molar-refractivity contribution in [3.63, 3.8) is 0 Å². The predicted octanol–water partition coefficient (Wildman–Crippen LogP) is 4.30. The molecule has 0 saturated carbocycles. The van der Waals surface area contributed by atoms with Crippen LogP contribution in [0.5, 0.6) is 0 Å². The molecular weight excluding hydrogens is 434 g/mol. The van der Waals surface area contributed by atoms with Gasteiger partial charge in [-0.1, -0.05) is 60.7 Å². The van der Waals surface area contributed by atoms with Crippen LogP contribution < -0.4 is 10.6 Å². The number of likely N-dealkylation sites (tertiary alicyclic amines) is 1. The summed E-state index contributed by atoms with van der Waals surface area (Å²) >= 11 is 1.54. The number of nitrogens with one attached hydrogen (secondary N) is 2. The van der Waals surface area contributed by atoms with Crippen molar-refractivity contribution in [3.8, 4) is 11.3 Å². The highest BCUT2D eigenvalue weighted by Crippen LogP contribution is 2.31. The smallest absolute Gasteiger partial charge is 0.320 e. The molecule has 1 unspecified atom stereocenters. The molecule has 2 N–H and O–H groups in total. The van der Waals surface area contributed by atoms with Crippen LogP contribution in [0.1, 0.15) is 11.5 Å². The maximum Gasteiger partial charge on any atom is 0.320 e. The molecule has 5 rings (SSSR count). The molecule has 2 aromatic carbocycles. The number of ether oxygens (including phenoxy) is 1. The first-order chi connectivity index (χ1) is 16.2. The summed E-state index contributed by atoms with van der Waals surface area (Å²) < 4.78 is 7.20. The molecule has 0 radical (unpaired) electrons. The quantitative estimate of drug-likeness (QED) is 0.431. The molecule has 1 fully saturated rings. The Bertz CT molecular complexity index is 1210. The van der Waals surface area contributed by atoms with Gasteiger partial charge in [0.2, 0.25) is 0 Å². The number of anilines is 1. The number of hydrogen-bond acceptors (Lipinski definition) is 5. The average Bonchev–Trinajstić information content (AvgIpc) is 3.55. The van der Waals surface area contributed by atoms with Crippen LogP contribution >= 0.6 is 11.3 Å². The zero-order valence-electron chi connectivity index (χ0n) is 18.5. The number of rotatable bonds is 7. The van der Waals surface area contributed by atoms with E-state index < -0.39 is 0 Å². The lowest BCUT2D eigenvalue weighted by Crippen LogP contribution is -2.42. The Labute approximate surface area is 197 Å². The fourth-order valence-corrected chi connectivity index (χ4v) is 5.20. The molecule has 1 aliphatic rings. The number of carbonyl (C=O) groups excluding carboxylic acids is 1. The molecule has 1 aliphatic heterocycles. The molecule has 8 heteroatoms. The van der Waals surface area contributed by atoms with Gasteiger partial charge in [-0.3, -0.25) is 14.6 Å². The summed E-state index contributed by atoms with van der Waals surface area (Å²) in [6, 6.07) is 20.1. The van der Waals surface area contributed by atoms with E-state index in [4.69, 9.17) is 9.72 Å². The molecular formula is C25H27N5O2S. The van der Waals surface area contributed by atoms with Crippen LogP contribution in [0.25, 0.3) is 16.2 Å². The highest BCUT2D eigenvalue weighted by atomic mass is 32.1. The first-order valence-electron chi connectivity index (χ1n) is 11.1. The molecule has 7 nitrogen and oxygen atoms in total. The van der Waals surface area contributed by atoms with Gasteiger partial charge in [0, 0.05) is 49.8 Å². The molecule has 4 aromatic rings. The van der Waals surface area contributed by atoms with Gasteiger partial charge >= 0.3 is 6.03 Å². The predicted molar refractivity (Wildman–Crippen MR) is 132 cm³/mol. The van der Waals surface area contributed by atoms with Crippen molar-refractivity contribution in [2.45, 2.75) is 12.0 Å². The van der Waals surface area contributed by atoms with Crippen LogP contribution in [0.4, 0.5) is 10.6 Å². The minimum absolute atomic E-state index is 0.00433. The van der Waals surface area contributed by atoms with E-state index in [0.29, 0.717) is 12.4 Å². The first kappa shape index (κ1) is 21.6. The number of methoxy groups -OCH3 is 1. The standard InChI is InChI=1S/C25H27N5O2S/c1-32-14-12-29-16-20(18-8-4-2-5-9-18)21(17-29)26-24(31)28-23-22(19-10-6-3-7-11-19)27-25-30(23)13-15-33-25/h2-11,13,15,20-21H,12,14,16-17H2,1H3,(H2,26,28,31)/t20?,21-/m1/s1. The second kappa shape index (κ2) is 9.74. The second-order valence-electron chi connectivity index (χ2n) is 8.21. The van der Waals surface area contributed by atoms with E-state index in [2.05, 4.69) is 39.8 Å². The maximum atomic E-state index is 13.2. The van der Waals surface area contributed by atoms with Crippen LogP contribution in [-0.4, -0.2) is 59.7 Å². The molecule has 2 aromatic heterocycles. The number of nitrogens with zero attached hydrogens (tertiary/aromatic N) is 3. The van der Waals surface area contributed by atoms with E-state index in [-0.39, 0.29) is 18.0 Å². The highest BCUT2D eigenvalue weighted by molar-refractivity contribution is 7.15. The largest absolute Gasteiger partial charge is 0.383 e. The lowest BCUT2D eigenvalue weighted by Gasteiger charge is -2.20. The summed E-state index contributed by atoms with van der Waals surface area (Å²) in [7, 11) is 1.72. The van der Waals surface area contributed by atoms with Crippen LogP contribution in [0, 0.1) is 0 Å². The van der Waals surface area contributed by atoms with Crippen molar-refractivity contribution in [3.05, 3.63) is 77.8 Å². The summed E-state index contributed by atoms with van der Waals surface area (Å²) in [5.74, 6) is 0.898. The van der Waals surface area contributed by atoms with Crippen LogP contribution in [0.2, 0.25) is 0 Å². The molecule has 0 bridgehead atoms. The van der Waals surface area contributed by atoms with E-state index in [1.165, 1.54) is 5.56 Å². The van der Waals surface area contributed by atoms with Crippen molar-refractivity contribution >= 4 is 28.1 Å². The molecule has 0 spiro atoms. The topological polar surface area (TPSA) is 70.9 Å². The minimum Gasteiger partial charge on any atom is -0.383 e. The van der Waals surface area contributed by atoms with Crippen molar-refractivity contribution < 1.29 is 9.53 Å². The van der Waals surface area contributed by atoms with Crippen LogP contribution in [0.15, 0.2) is 72.2 Å². The van der Waals surface area contributed by atoms with Crippen molar-refractivity contribution in [1.82, 2.24) is 19.6 Å². The first-order valence-corrected chi connectivity index (χ1v) is 12.0. The summed E-state index contributed by atoms with van der Waals surface area (Å²) in [5, 5.41) is 8.29. The van der Waals surface area contributed by atoms with Crippen molar-refractivity contribution in [1.29, 1.82) is 0 Å². The highest BCUT2D eigenvalue weighted by Gasteiger charge is 2.34. The fourth-order valence-electron chi connectivity index (χ4n) is 4.49. The lowest BCUT2D eigenvalue weighted by molar-refractivity contribution is 0.159. The van der Waals surface area contributed by atoms with Gasteiger partial charge in [-0.15, -0.1) is 11.3 Å². The third-order valence-electron chi connectivity index (χ3n) is 6.09. The minimum atomic E-state index is -0.222. The van der Waals surface area contributed by atoms with Gasteiger partial charge < -0.3 is 10.1 Å². The van der Waals surface area contributed by atoms with Gasteiger partial charge in [0.05, 0.1) is 12.6 Å². The van der Waals surface area contributed by atoms with Crippen molar-refractivity contribution in [2.24, 2.45) is 0 Å². The molecule has 170 valence electrons. The van der Waals surface area contributed by atoms with Gasteiger partial charge in [-0.2, -0.15) is 0 Å². The monoisotopic (exact) mass is 461 g/mol. The van der Waals surface area contributed by atoms with Gasteiger partial charge in [-0.05, 0) is 5.56 Å². The number of imidazole rings is 1. The number of hydrogen-bond donors (Lipinski definition) is 2. The Hall–Kier alpha value is -3.20. The number of amides is 2. The van der Waals surface area contributed by atoms with Crippen molar-refractivity contribution in [2.75, 3.05) is 38.7 Å². The number of fused-ring (bicyclic) bond motifs is 1. The Balaban J connectivity index is 1.37. The van der Waals surface area contributed by atoms with E-state index in [9.17, 15) is 4.79 Å². The lowest BCUT2D eigenvalue weighted by atomic mass is 9.94. The third-order valence-corrected chi connectivity index (χ3v) is 6.85. The SMILES string of the molecule is COCCN1CC(c2ccccc2)[C@H](NC(=O)Nc2c(-c3ccccc3)nc3sccn23)C1.